The standard InChI is InChI=1S/C59H66BrFN15O7PS/c1-9-34-25-41(70-58-66-27-38(60)52(72-58)68-40-17-16-39-48(63-19-18-62-39)50(40)84(7,8)82)47(83-6)26-46(34)74-23-21-73(22-24-74)37-30-75(31-37)56(80)43-29-64-42(28-65-43)54(79)67-33(2)53(78)71-51(59(3,4)5)57(81)76-20-10-11-45(76)44-32-85-55(69-44)49(77)35-12-14-36(61)15-13-35/h12-19,25-29,32-33,37,45,51H,9-11,20-24,30-31H2,1-8H3,(H,67,79)(H,71,78)(H2,66,68,70,72)/t33-,45-,51+/m0/s1. The highest BCUT2D eigenvalue weighted by molar-refractivity contribution is 9.10. The van der Waals surface area contributed by atoms with Crippen LogP contribution >= 0.6 is 34.4 Å². The molecule has 0 bridgehead atoms. The van der Waals surface area contributed by atoms with Gasteiger partial charge < -0.3 is 45.3 Å². The molecule has 10 rings (SSSR count). The lowest BCUT2D eigenvalue weighted by Gasteiger charge is -2.48. The minimum Gasteiger partial charge on any atom is -0.494 e. The number of amides is 4. The summed E-state index contributed by atoms with van der Waals surface area (Å²) in [5.41, 5.74) is 4.82. The lowest BCUT2D eigenvalue weighted by atomic mass is 9.85. The van der Waals surface area contributed by atoms with E-state index in [0.717, 1.165) is 55.2 Å². The van der Waals surface area contributed by atoms with Crippen molar-refractivity contribution in [2.75, 3.05) is 81.8 Å². The first-order valence-corrected chi connectivity index (χ1v) is 32.2. The molecular formula is C59H66BrFN15O7PS. The van der Waals surface area contributed by atoms with E-state index in [2.05, 4.69) is 89.9 Å². The Morgan fingerprint density at radius 3 is 2.26 bits per heavy atom. The van der Waals surface area contributed by atoms with E-state index < -0.39 is 48.3 Å². The largest absolute Gasteiger partial charge is 0.494 e. The molecule has 7 aromatic rings. The number of likely N-dealkylation sites (tertiary alicyclic amines) is 2. The number of fused-ring (bicyclic) bond motifs is 1. The molecule has 444 valence electrons. The van der Waals surface area contributed by atoms with Crippen LogP contribution in [0.3, 0.4) is 0 Å². The fourth-order valence-corrected chi connectivity index (χ4v) is 13.3. The van der Waals surface area contributed by atoms with Gasteiger partial charge in [-0.2, -0.15) is 4.98 Å². The molecule has 4 N–H and O–H groups in total. The van der Waals surface area contributed by atoms with Gasteiger partial charge in [0.05, 0.1) is 57.9 Å². The van der Waals surface area contributed by atoms with Crippen LogP contribution in [-0.2, 0) is 20.6 Å². The van der Waals surface area contributed by atoms with E-state index in [-0.39, 0.29) is 40.0 Å². The zero-order chi connectivity index (χ0) is 60.5. The van der Waals surface area contributed by atoms with Crippen molar-refractivity contribution in [2.45, 2.75) is 78.0 Å². The molecule has 0 spiro atoms. The molecule has 0 unspecified atom stereocenters. The Balaban J connectivity index is 0.699. The van der Waals surface area contributed by atoms with E-state index in [1.807, 2.05) is 39.0 Å². The van der Waals surface area contributed by atoms with Crippen LogP contribution in [0.2, 0.25) is 0 Å². The molecule has 4 aromatic heterocycles. The number of nitrogens with one attached hydrogen (secondary N) is 4. The number of piperazine rings is 1. The Labute approximate surface area is 503 Å². The molecule has 3 fully saturated rings. The Morgan fingerprint density at radius 2 is 1.58 bits per heavy atom. The second kappa shape index (κ2) is 25.0. The number of rotatable bonds is 18. The van der Waals surface area contributed by atoms with Crippen LogP contribution in [0.15, 0.2) is 89.4 Å². The van der Waals surface area contributed by atoms with Gasteiger partial charge in [0.15, 0.2) is 5.01 Å². The lowest BCUT2D eigenvalue weighted by molar-refractivity contribution is -0.140. The molecule has 3 aromatic carbocycles. The van der Waals surface area contributed by atoms with Crippen molar-refractivity contribution < 1.29 is 37.7 Å². The topological polar surface area (TPSA) is 263 Å². The van der Waals surface area contributed by atoms with E-state index in [1.54, 1.807) is 54.2 Å². The fraction of sp³-hybridized carbons (Fsp3) is 0.390. The summed E-state index contributed by atoms with van der Waals surface area (Å²) in [6.45, 7) is 17.1. The summed E-state index contributed by atoms with van der Waals surface area (Å²) in [6, 6.07) is 10.7. The highest BCUT2D eigenvalue weighted by Gasteiger charge is 2.42. The van der Waals surface area contributed by atoms with Crippen LogP contribution in [0.4, 0.5) is 33.2 Å². The summed E-state index contributed by atoms with van der Waals surface area (Å²) in [7, 11) is -1.19. The van der Waals surface area contributed by atoms with E-state index in [4.69, 9.17) is 9.72 Å². The van der Waals surface area contributed by atoms with Crippen LogP contribution < -0.4 is 36.2 Å². The van der Waals surface area contributed by atoms with Crippen molar-refractivity contribution in [2.24, 2.45) is 5.41 Å². The molecule has 26 heteroatoms. The number of carbonyl (C=O) groups is 5. The third kappa shape index (κ3) is 13.2. The Bertz CT molecular complexity index is 3740. The average Bonchev–Trinajstić information content (AvgIpc) is 4.15. The number of benzene rings is 3. The van der Waals surface area contributed by atoms with Gasteiger partial charge in [-0.25, -0.2) is 24.3 Å². The van der Waals surface area contributed by atoms with Crippen LogP contribution in [0, 0.1) is 11.2 Å². The van der Waals surface area contributed by atoms with E-state index in [0.29, 0.717) is 93.4 Å². The number of ketones is 1. The Kier molecular flexibility index (Phi) is 17.7. The molecule has 22 nitrogen and oxygen atoms in total. The second-order valence-electron chi connectivity index (χ2n) is 22.7. The third-order valence-electron chi connectivity index (χ3n) is 15.4. The summed E-state index contributed by atoms with van der Waals surface area (Å²) in [4.78, 5) is 108. The Hall–Kier alpha value is -7.86. The van der Waals surface area contributed by atoms with Crippen molar-refractivity contribution in [3.8, 4) is 5.75 Å². The van der Waals surface area contributed by atoms with Gasteiger partial charge >= 0.3 is 0 Å². The van der Waals surface area contributed by atoms with Gasteiger partial charge in [0.1, 0.15) is 53.5 Å². The molecule has 0 radical (unpaired) electrons. The quantitative estimate of drug-likeness (QED) is 0.0472. The van der Waals surface area contributed by atoms with Crippen molar-refractivity contribution in [3.05, 3.63) is 128 Å². The van der Waals surface area contributed by atoms with Gasteiger partial charge in [0.2, 0.25) is 23.5 Å². The number of carbonyl (C=O) groups excluding carboxylic acids is 5. The maximum Gasteiger partial charge on any atom is 0.274 e. The van der Waals surface area contributed by atoms with Crippen LogP contribution in [-0.4, -0.2) is 163 Å². The molecule has 3 aliphatic rings. The number of halogens is 2. The van der Waals surface area contributed by atoms with Crippen molar-refractivity contribution in [3.63, 3.8) is 0 Å². The number of methoxy groups -OCH3 is 1. The first-order chi connectivity index (χ1) is 40.6. The number of anilines is 5. The SMILES string of the molecule is CCc1cc(Nc2ncc(Br)c(Nc3ccc4nccnc4c3P(C)(C)=O)n2)c(OC)cc1N1CCN(C2CN(C(=O)c3cnc(C(=O)N[C@@H](C)C(=O)N[C@H](C(=O)N4CCC[C@H]4c4csc(C(=O)c5ccc(F)cc5)n4)C(C)(C)C)cn3)C2)CC1. The first kappa shape index (κ1) is 60.3. The fourth-order valence-electron chi connectivity index (χ4n) is 10.8. The van der Waals surface area contributed by atoms with Gasteiger partial charge in [-0.3, -0.25) is 38.8 Å². The summed E-state index contributed by atoms with van der Waals surface area (Å²) in [5.74, 6) is -1.29. The number of ether oxygens (including phenoxy) is 1. The summed E-state index contributed by atoms with van der Waals surface area (Å²) >= 11 is 4.74. The minimum absolute atomic E-state index is 0.0878. The minimum atomic E-state index is -2.82. The van der Waals surface area contributed by atoms with Gasteiger partial charge in [0, 0.05) is 93.1 Å². The van der Waals surface area contributed by atoms with Gasteiger partial charge in [-0.05, 0) is 109 Å². The monoisotopic (exact) mass is 1260 g/mol. The molecule has 85 heavy (non-hydrogen) atoms. The molecule has 0 saturated carbocycles. The molecular weight excluding hydrogens is 1190 g/mol. The number of hydrogen-bond acceptors (Lipinski definition) is 19. The van der Waals surface area contributed by atoms with E-state index in [9.17, 15) is 32.9 Å². The maximum absolute atomic E-state index is 14.3. The van der Waals surface area contributed by atoms with Crippen LogP contribution in [0.1, 0.15) is 101 Å². The number of hydrogen-bond donors (Lipinski definition) is 4. The van der Waals surface area contributed by atoms with E-state index >= 15 is 0 Å². The van der Waals surface area contributed by atoms with Crippen molar-refractivity contribution in [1.82, 2.24) is 60.2 Å². The van der Waals surface area contributed by atoms with Crippen LogP contribution in [0.25, 0.3) is 11.0 Å². The number of aryl methyl sites for hydroxylation is 1. The smallest absolute Gasteiger partial charge is 0.274 e. The van der Waals surface area contributed by atoms with Crippen LogP contribution in [0.5, 0.6) is 5.75 Å². The normalized spacial score (nSPS) is 16.6. The highest BCUT2D eigenvalue weighted by atomic mass is 79.9. The van der Waals surface area contributed by atoms with Gasteiger partial charge in [-0.15, -0.1) is 11.3 Å². The van der Waals surface area contributed by atoms with Gasteiger partial charge in [0.25, 0.3) is 11.8 Å². The first-order valence-electron chi connectivity index (χ1n) is 27.9. The predicted octanol–water partition coefficient (Wildman–Crippen LogP) is 7.76. The van der Waals surface area contributed by atoms with Crippen molar-refractivity contribution >= 4 is 109 Å². The summed E-state index contributed by atoms with van der Waals surface area (Å²) in [6.07, 6.45) is 9.36. The molecule has 3 atom stereocenters. The molecule has 7 heterocycles. The number of thiazole rings is 1. The molecule has 0 aliphatic carbocycles. The zero-order valence-electron chi connectivity index (χ0n) is 48.4. The third-order valence-corrected chi connectivity index (χ3v) is 18.4. The number of aromatic nitrogens is 7. The zero-order valence-corrected chi connectivity index (χ0v) is 51.6. The van der Waals surface area contributed by atoms with Gasteiger partial charge in [-0.1, -0.05) is 27.7 Å². The van der Waals surface area contributed by atoms with Crippen molar-refractivity contribution in [1.29, 1.82) is 0 Å². The van der Waals surface area contributed by atoms with E-state index in [1.165, 1.54) is 43.6 Å². The second-order valence-corrected chi connectivity index (χ2v) is 27.6. The summed E-state index contributed by atoms with van der Waals surface area (Å²) in [5, 5.41) is 14.8. The maximum atomic E-state index is 14.3. The predicted molar refractivity (Wildman–Crippen MR) is 327 cm³/mol. The highest BCUT2D eigenvalue weighted by Crippen LogP contribution is 2.42. The molecule has 3 aliphatic heterocycles. The average molecular weight is 1260 g/mol. The Morgan fingerprint density at radius 1 is 0.859 bits per heavy atom. The molecule has 4 amide bonds. The lowest BCUT2D eigenvalue weighted by Crippen LogP contribution is -2.64. The number of nitrogens with zero attached hydrogens (tertiary/aromatic N) is 11. The molecule has 3 saturated heterocycles. The summed E-state index contributed by atoms with van der Waals surface area (Å²) < 4.78 is 33.6.